The molecule has 0 spiro atoms. The maximum atomic E-state index is 12.9. The number of nitrogens with zero attached hydrogens (tertiary/aromatic N) is 1. The molecule has 0 bridgehead atoms. The number of carbonyl (C=O) groups excluding carboxylic acids is 1. The molecule has 0 unspecified atom stereocenters. The van der Waals surface area contributed by atoms with E-state index in [2.05, 4.69) is 19.1 Å². The van der Waals surface area contributed by atoms with Gasteiger partial charge in [-0.05, 0) is 54.0 Å². The monoisotopic (exact) mass is 417 g/mol. The molecule has 0 aromatic heterocycles. The Hall–Kier alpha value is -2.89. The van der Waals surface area contributed by atoms with Crippen LogP contribution in [0.1, 0.15) is 16.7 Å². The van der Waals surface area contributed by atoms with Crippen LogP contribution in [0.25, 0.3) is 6.08 Å². The van der Waals surface area contributed by atoms with Gasteiger partial charge in [0, 0.05) is 0 Å². The summed E-state index contributed by atoms with van der Waals surface area (Å²) in [4.78, 5) is 15.1. The first-order chi connectivity index (χ1) is 14.1. The third-order valence-corrected chi connectivity index (χ3v) is 5.92. The summed E-state index contributed by atoms with van der Waals surface area (Å²) in [5.41, 5.74) is 4.05. The molecule has 0 aliphatic carbocycles. The Bertz CT molecular complexity index is 1090. The van der Waals surface area contributed by atoms with Gasteiger partial charge in [-0.25, -0.2) is 0 Å². The highest BCUT2D eigenvalue weighted by Gasteiger charge is 2.33. The minimum Gasteiger partial charge on any atom is -0.489 e. The minimum atomic E-state index is -0.0996. The van der Waals surface area contributed by atoms with E-state index in [0.29, 0.717) is 15.8 Å². The van der Waals surface area contributed by atoms with Crippen LogP contribution in [0.2, 0.25) is 0 Å². The number of ether oxygens (including phenoxy) is 1. The molecule has 1 saturated heterocycles. The standard InChI is InChI=1S/C24H19NO2S2/c1-17-8-5-6-10-19(17)16-27-21-13-7-9-18(14-21)15-22-23(26)25(24(28)29-22)20-11-3-2-4-12-20/h2-15H,16H2,1H3/b22-15+. The van der Waals surface area contributed by atoms with Crippen molar-refractivity contribution < 1.29 is 9.53 Å². The average Bonchev–Trinajstić information content (AvgIpc) is 3.01. The van der Waals surface area contributed by atoms with Crippen molar-refractivity contribution in [3.8, 4) is 5.75 Å². The first-order valence-corrected chi connectivity index (χ1v) is 10.4. The van der Waals surface area contributed by atoms with Crippen molar-refractivity contribution in [2.24, 2.45) is 0 Å². The van der Waals surface area contributed by atoms with Crippen LogP contribution in [-0.4, -0.2) is 10.2 Å². The predicted molar refractivity (Wildman–Crippen MR) is 124 cm³/mol. The molecule has 0 radical (unpaired) electrons. The largest absolute Gasteiger partial charge is 0.489 e. The van der Waals surface area contributed by atoms with E-state index in [4.69, 9.17) is 17.0 Å². The Morgan fingerprint density at radius 2 is 1.76 bits per heavy atom. The molecule has 1 aliphatic rings. The zero-order valence-electron chi connectivity index (χ0n) is 15.9. The van der Waals surface area contributed by atoms with Gasteiger partial charge in [0.2, 0.25) is 0 Å². The number of thioether (sulfide) groups is 1. The zero-order valence-corrected chi connectivity index (χ0v) is 17.5. The normalized spacial score (nSPS) is 15.2. The van der Waals surface area contributed by atoms with E-state index in [1.807, 2.05) is 72.8 Å². The van der Waals surface area contributed by atoms with Gasteiger partial charge in [0.05, 0.1) is 10.6 Å². The second-order valence-corrected chi connectivity index (χ2v) is 8.32. The molecular weight excluding hydrogens is 398 g/mol. The van der Waals surface area contributed by atoms with Crippen LogP contribution in [0.3, 0.4) is 0 Å². The predicted octanol–water partition coefficient (Wildman–Crippen LogP) is 5.98. The first kappa shape index (κ1) is 19.4. The summed E-state index contributed by atoms with van der Waals surface area (Å²) >= 11 is 6.75. The van der Waals surface area contributed by atoms with Crippen LogP contribution < -0.4 is 9.64 Å². The quantitative estimate of drug-likeness (QED) is 0.377. The van der Waals surface area contributed by atoms with Crippen molar-refractivity contribution >= 4 is 46.0 Å². The Balaban J connectivity index is 1.51. The zero-order chi connectivity index (χ0) is 20.2. The number of anilines is 1. The Morgan fingerprint density at radius 3 is 2.55 bits per heavy atom. The third-order valence-electron chi connectivity index (χ3n) is 4.62. The number of para-hydroxylation sites is 1. The second kappa shape index (κ2) is 8.64. The van der Waals surface area contributed by atoms with Crippen molar-refractivity contribution in [3.63, 3.8) is 0 Å². The third kappa shape index (κ3) is 4.42. The van der Waals surface area contributed by atoms with Crippen LogP contribution in [0.4, 0.5) is 5.69 Å². The van der Waals surface area contributed by atoms with Crippen molar-refractivity contribution in [1.29, 1.82) is 0 Å². The molecule has 4 rings (SSSR count). The van der Waals surface area contributed by atoms with Crippen LogP contribution in [0.5, 0.6) is 5.75 Å². The summed E-state index contributed by atoms with van der Waals surface area (Å²) < 4.78 is 6.50. The molecule has 1 aliphatic heterocycles. The molecule has 3 aromatic rings. The highest BCUT2D eigenvalue weighted by molar-refractivity contribution is 8.27. The molecule has 1 fully saturated rings. The molecule has 0 saturated carbocycles. The van der Waals surface area contributed by atoms with E-state index < -0.39 is 0 Å². The number of rotatable bonds is 5. The Morgan fingerprint density at radius 1 is 1.00 bits per heavy atom. The number of benzene rings is 3. The summed E-state index contributed by atoms with van der Waals surface area (Å²) in [6.45, 7) is 2.58. The van der Waals surface area contributed by atoms with Gasteiger partial charge in [-0.1, -0.05) is 78.6 Å². The molecule has 1 amide bonds. The molecule has 3 aromatic carbocycles. The summed E-state index contributed by atoms with van der Waals surface area (Å²) in [7, 11) is 0. The number of amides is 1. The van der Waals surface area contributed by atoms with Gasteiger partial charge < -0.3 is 4.74 Å². The van der Waals surface area contributed by atoms with E-state index in [1.165, 1.54) is 17.3 Å². The lowest BCUT2D eigenvalue weighted by Gasteiger charge is -2.13. The molecule has 3 nitrogen and oxygen atoms in total. The molecule has 0 atom stereocenters. The summed E-state index contributed by atoms with van der Waals surface area (Å²) in [6, 6.07) is 25.4. The highest BCUT2D eigenvalue weighted by Crippen LogP contribution is 2.36. The van der Waals surface area contributed by atoms with Crippen molar-refractivity contribution in [2.75, 3.05) is 4.90 Å². The maximum absolute atomic E-state index is 12.9. The smallest absolute Gasteiger partial charge is 0.270 e. The van der Waals surface area contributed by atoms with Gasteiger partial charge in [0.15, 0.2) is 4.32 Å². The summed E-state index contributed by atoms with van der Waals surface area (Å²) in [5, 5.41) is 0. The molecular formula is C24H19NO2S2. The molecule has 29 heavy (non-hydrogen) atoms. The van der Waals surface area contributed by atoms with E-state index >= 15 is 0 Å². The van der Waals surface area contributed by atoms with E-state index in [1.54, 1.807) is 4.90 Å². The summed E-state index contributed by atoms with van der Waals surface area (Å²) in [6.07, 6.45) is 1.86. The lowest BCUT2D eigenvalue weighted by molar-refractivity contribution is -0.113. The van der Waals surface area contributed by atoms with Gasteiger partial charge in [0.1, 0.15) is 12.4 Å². The minimum absolute atomic E-state index is 0.0996. The van der Waals surface area contributed by atoms with Crippen molar-refractivity contribution in [2.45, 2.75) is 13.5 Å². The van der Waals surface area contributed by atoms with Gasteiger partial charge in [-0.2, -0.15) is 0 Å². The number of hydrogen-bond donors (Lipinski definition) is 0. The van der Waals surface area contributed by atoms with Crippen molar-refractivity contribution in [3.05, 3.63) is 100 Å². The van der Waals surface area contributed by atoms with Gasteiger partial charge >= 0.3 is 0 Å². The highest BCUT2D eigenvalue weighted by atomic mass is 32.2. The average molecular weight is 418 g/mol. The van der Waals surface area contributed by atoms with E-state index in [0.717, 1.165) is 22.6 Å². The fraction of sp³-hybridized carbons (Fsp3) is 0.0833. The SMILES string of the molecule is Cc1ccccc1COc1cccc(/C=C2/SC(=S)N(c3ccccc3)C2=O)c1. The summed E-state index contributed by atoms with van der Waals surface area (Å²) in [5.74, 6) is 0.665. The van der Waals surface area contributed by atoms with Gasteiger partial charge in [-0.3, -0.25) is 9.69 Å². The van der Waals surface area contributed by atoms with Crippen LogP contribution in [-0.2, 0) is 11.4 Å². The van der Waals surface area contributed by atoms with Crippen LogP contribution in [0, 0.1) is 6.92 Å². The topological polar surface area (TPSA) is 29.5 Å². The number of hydrogen-bond acceptors (Lipinski definition) is 4. The van der Waals surface area contributed by atoms with Gasteiger partial charge in [-0.15, -0.1) is 0 Å². The molecule has 1 heterocycles. The lowest BCUT2D eigenvalue weighted by atomic mass is 10.1. The van der Waals surface area contributed by atoms with E-state index in [9.17, 15) is 4.79 Å². The maximum Gasteiger partial charge on any atom is 0.270 e. The Kier molecular flexibility index (Phi) is 5.79. The fourth-order valence-electron chi connectivity index (χ4n) is 3.05. The number of aryl methyl sites for hydroxylation is 1. The second-order valence-electron chi connectivity index (χ2n) is 6.64. The lowest BCUT2D eigenvalue weighted by Crippen LogP contribution is -2.27. The molecule has 5 heteroatoms. The van der Waals surface area contributed by atoms with E-state index in [-0.39, 0.29) is 5.91 Å². The molecule has 0 N–H and O–H groups in total. The van der Waals surface area contributed by atoms with Crippen LogP contribution >= 0.6 is 24.0 Å². The number of thiocarbonyl (C=S) groups is 1. The first-order valence-electron chi connectivity index (χ1n) is 9.22. The van der Waals surface area contributed by atoms with Crippen molar-refractivity contribution in [1.82, 2.24) is 0 Å². The van der Waals surface area contributed by atoms with Gasteiger partial charge in [0.25, 0.3) is 5.91 Å². The fourth-order valence-corrected chi connectivity index (χ4v) is 4.35. The van der Waals surface area contributed by atoms with Crippen LogP contribution in [0.15, 0.2) is 83.8 Å². The number of carbonyl (C=O) groups is 1. The Labute approximate surface area is 180 Å². The molecule has 144 valence electrons.